The lowest BCUT2D eigenvalue weighted by Gasteiger charge is -2.15. The Kier molecular flexibility index (Phi) is 6.96. The van der Waals surface area contributed by atoms with Crippen molar-refractivity contribution in [2.75, 3.05) is 5.73 Å². The minimum Gasteiger partial charge on any atom is -0.398 e. The first kappa shape index (κ1) is 23.5. The number of para-hydroxylation sites is 1. The summed E-state index contributed by atoms with van der Waals surface area (Å²) in [5.74, 6) is 0.734. The average molecular weight is 456 g/mol. The zero-order chi connectivity index (χ0) is 24.2. The van der Waals surface area contributed by atoms with E-state index in [0.29, 0.717) is 13.0 Å². The number of nitrogen functional groups attached to an aromatic ring is 1. The highest BCUT2D eigenvalue weighted by Crippen LogP contribution is 2.26. The molecule has 0 fully saturated rings. The first-order valence-electron chi connectivity index (χ1n) is 11.9. The topological polar surface area (TPSA) is 78.7 Å². The third-order valence-corrected chi connectivity index (χ3v) is 6.40. The molecule has 2 aromatic carbocycles. The van der Waals surface area contributed by atoms with E-state index in [1.54, 1.807) is 4.57 Å². The Morgan fingerprint density at radius 3 is 2.41 bits per heavy atom. The van der Waals surface area contributed by atoms with Gasteiger partial charge in [0.2, 0.25) is 0 Å². The summed E-state index contributed by atoms with van der Waals surface area (Å²) in [7, 11) is 1.92. The van der Waals surface area contributed by atoms with Gasteiger partial charge < -0.3 is 5.73 Å². The molecule has 0 radical (unpaired) electrons. The smallest absolute Gasteiger partial charge is 0.257 e. The number of benzene rings is 2. The molecule has 0 saturated carbocycles. The van der Waals surface area contributed by atoms with Crippen LogP contribution in [0.1, 0.15) is 53.8 Å². The number of aryl methyl sites for hydroxylation is 4. The number of nitrogens with two attached hydrogens (primary N) is 1. The average Bonchev–Trinajstić information content (AvgIpc) is 3.15. The number of unbranched alkanes of at least 4 members (excludes halogenated alkanes) is 1. The van der Waals surface area contributed by atoms with E-state index in [4.69, 9.17) is 10.7 Å². The summed E-state index contributed by atoms with van der Waals surface area (Å²) in [6.07, 6.45) is 3.43. The van der Waals surface area contributed by atoms with Gasteiger partial charge in [-0.2, -0.15) is 5.10 Å². The number of hydrogen-bond acceptors (Lipinski definition) is 4. The van der Waals surface area contributed by atoms with Gasteiger partial charge >= 0.3 is 0 Å². The highest BCUT2D eigenvalue weighted by Gasteiger charge is 2.16. The lowest BCUT2D eigenvalue weighted by Crippen LogP contribution is -2.30. The van der Waals surface area contributed by atoms with E-state index in [0.717, 1.165) is 70.1 Å². The molecule has 0 atom stereocenters. The van der Waals surface area contributed by atoms with Gasteiger partial charge in [-0.1, -0.05) is 55.8 Å². The maximum atomic E-state index is 13.7. The summed E-state index contributed by atoms with van der Waals surface area (Å²) >= 11 is 0. The number of hydrogen-bond donors (Lipinski definition) is 1. The molecule has 6 nitrogen and oxygen atoms in total. The summed E-state index contributed by atoms with van der Waals surface area (Å²) in [4.78, 5) is 18.6. The second-order valence-electron chi connectivity index (χ2n) is 8.94. The highest BCUT2D eigenvalue weighted by atomic mass is 16.1. The molecule has 0 aliphatic carbocycles. The van der Waals surface area contributed by atoms with Crippen molar-refractivity contribution < 1.29 is 0 Å². The van der Waals surface area contributed by atoms with Crippen LogP contribution in [0.4, 0.5) is 5.69 Å². The molecular formula is C28H33N5O. The van der Waals surface area contributed by atoms with E-state index < -0.39 is 0 Å². The van der Waals surface area contributed by atoms with Crippen LogP contribution in [0.3, 0.4) is 0 Å². The fourth-order valence-corrected chi connectivity index (χ4v) is 4.31. The highest BCUT2D eigenvalue weighted by molar-refractivity contribution is 5.76. The molecule has 4 rings (SSSR count). The van der Waals surface area contributed by atoms with Crippen LogP contribution in [0, 0.1) is 13.8 Å². The first-order valence-corrected chi connectivity index (χ1v) is 11.9. The summed E-state index contributed by atoms with van der Waals surface area (Å²) < 4.78 is 3.59. The molecule has 0 amide bonds. The maximum Gasteiger partial charge on any atom is 0.257 e. The Hall–Kier alpha value is -3.67. The Bertz CT molecular complexity index is 1330. The summed E-state index contributed by atoms with van der Waals surface area (Å²) in [5, 5.41) is 4.54. The van der Waals surface area contributed by atoms with Crippen molar-refractivity contribution in [1.82, 2.24) is 19.3 Å². The molecule has 6 heteroatoms. The second kappa shape index (κ2) is 10.1. The van der Waals surface area contributed by atoms with Gasteiger partial charge in [-0.05, 0) is 49.9 Å². The SMILES string of the molecule is CCCCc1nc(C)n(Cc2cc(C)n(C)n2)c(=O)c1Cc1ccc(-c2ccccc2N)cc1. The van der Waals surface area contributed by atoms with E-state index in [9.17, 15) is 4.79 Å². The van der Waals surface area contributed by atoms with E-state index in [1.165, 1.54) is 0 Å². The molecule has 0 bridgehead atoms. The standard InChI is InChI=1S/C28H33N5O/c1-5-6-11-27-25(17-21-12-14-22(15-13-21)24-9-7-8-10-26(24)29)28(34)33(20(3)30-27)18-23-16-19(2)32(4)31-23/h7-10,12-16H,5-6,11,17-18,29H2,1-4H3. The predicted molar refractivity (Wildman–Crippen MR) is 138 cm³/mol. The zero-order valence-electron chi connectivity index (χ0n) is 20.5. The van der Waals surface area contributed by atoms with Crippen LogP contribution < -0.4 is 11.3 Å². The van der Waals surface area contributed by atoms with Gasteiger partial charge in [-0.15, -0.1) is 0 Å². The van der Waals surface area contributed by atoms with Crippen molar-refractivity contribution in [3.63, 3.8) is 0 Å². The van der Waals surface area contributed by atoms with Gasteiger partial charge in [0.05, 0.1) is 17.9 Å². The van der Waals surface area contributed by atoms with Gasteiger partial charge in [0.1, 0.15) is 5.82 Å². The molecular weight excluding hydrogens is 422 g/mol. The van der Waals surface area contributed by atoms with Crippen molar-refractivity contribution >= 4 is 5.69 Å². The second-order valence-corrected chi connectivity index (χ2v) is 8.94. The molecule has 0 saturated heterocycles. The van der Waals surface area contributed by atoms with Crippen LogP contribution >= 0.6 is 0 Å². The fraction of sp³-hybridized carbons (Fsp3) is 0.321. The zero-order valence-corrected chi connectivity index (χ0v) is 20.5. The van der Waals surface area contributed by atoms with Crippen molar-refractivity contribution in [3.05, 3.63) is 99.0 Å². The fourth-order valence-electron chi connectivity index (χ4n) is 4.31. The van der Waals surface area contributed by atoms with Gasteiger partial charge in [-0.25, -0.2) is 4.98 Å². The van der Waals surface area contributed by atoms with Gasteiger partial charge in [0.15, 0.2) is 0 Å². The van der Waals surface area contributed by atoms with Crippen LogP contribution in [0.15, 0.2) is 59.4 Å². The monoisotopic (exact) mass is 455 g/mol. The third kappa shape index (κ3) is 4.96. The van der Waals surface area contributed by atoms with Crippen LogP contribution in [0.25, 0.3) is 11.1 Å². The summed E-state index contributed by atoms with van der Waals surface area (Å²) in [6, 6.07) is 18.2. The van der Waals surface area contributed by atoms with E-state index in [1.807, 2.05) is 55.9 Å². The summed E-state index contributed by atoms with van der Waals surface area (Å²) in [6.45, 7) is 6.50. The quantitative estimate of drug-likeness (QED) is 0.386. The predicted octanol–water partition coefficient (Wildman–Crippen LogP) is 4.82. The van der Waals surface area contributed by atoms with Crippen LogP contribution in [-0.2, 0) is 26.4 Å². The number of anilines is 1. The molecule has 2 N–H and O–H groups in total. The van der Waals surface area contributed by atoms with E-state index >= 15 is 0 Å². The number of rotatable bonds is 8. The third-order valence-electron chi connectivity index (χ3n) is 6.40. The van der Waals surface area contributed by atoms with E-state index in [-0.39, 0.29) is 5.56 Å². The number of nitrogens with zero attached hydrogens (tertiary/aromatic N) is 4. The molecule has 0 spiro atoms. The lowest BCUT2D eigenvalue weighted by atomic mass is 9.98. The normalized spacial score (nSPS) is 11.2. The molecule has 2 heterocycles. The number of aromatic nitrogens is 4. The lowest BCUT2D eigenvalue weighted by molar-refractivity contribution is 0.637. The maximum absolute atomic E-state index is 13.7. The van der Waals surface area contributed by atoms with Crippen molar-refractivity contribution in [2.45, 2.75) is 53.0 Å². The molecule has 0 aliphatic heterocycles. The van der Waals surface area contributed by atoms with Gasteiger partial charge in [0, 0.05) is 36.0 Å². The largest absolute Gasteiger partial charge is 0.398 e. The van der Waals surface area contributed by atoms with Gasteiger partial charge in [-0.3, -0.25) is 14.0 Å². The van der Waals surface area contributed by atoms with E-state index in [2.05, 4.69) is 36.3 Å². The van der Waals surface area contributed by atoms with Crippen LogP contribution in [0.5, 0.6) is 0 Å². The Labute approximate surface area is 201 Å². The molecule has 2 aromatic heterocycles. The Morgan fingerprint density at radius 1 is 1.03 bits per heavy atom. The Morgan fingerprint density at radius 2 is 1.76 bits per heavy atom. The van der Waals surface area contributed by atoms with Gasteiger partial charge in [0.25, 0.3) is 5.56 Å². The molecule has 4 aromatic rings. The Balaban J connectivity index is 1.69. The minimum absolute atomic E-state index is 0.0262. The molecule has 176 valence electrons. The van der Waals surface area contributed by atoms with Crippen LogP contribution in [0.2, 0.25) is 0 Å². The van der Waals surface area contributed by atoms with Crippen LogP contribution in [-0.4, -0.2) is 19.3 Å². The summed E-state index contributed by atoms with van der Waals surface area (Å²) in [5.41, 5.74) is 13.7. The molecule has 0 aliphatic rings. The van der Waals surface area contributed by atoms with Crippen molar-refractivity contribution in [3.8, 4) is 11.1 Å². The van der Waals surface area contributed by atoms with Crippen molar-refractivity contribution in [2.24, 2.45) is 7.05 Å². The molecule has 34 heavy (non-hydrogen) atoms. The molecule has 0 unspecified atom stereocenters. The minimum atomic E-state index is 0.0262. The van der Waals surface area contributed by atoms with Crippen molar-refractivity contribution in [1.29, 1.82) is 0 Å². The first-order chi connectivity index (χ1) is 16.4.